The van der Waals surface area contributed by atoms with Gasteiger partial charge in [0, 0.05) is 20.7 Å². The standard InChI is InChI=1S/C14H9Br2ClF3N3/c1-7(10-3-2-9(15)5-11(10)16)22-23-13-12(17)4-8(6-21-13)14(18,19)20/h2-6H,1H3,(H,21,23). The summed E-state index contributed by atoms with van der Waals surface area (Å²) in [4.78, 5) is 3.66. The van der Waals surface area contributed by atoms with Gasteiger partial charge >= 0.3 is 6.18 Å². The quantitative estimate of drug-likeness (QED) is 0.433. The van der Waals surface area contributed by atoms with Crippen LogP contribution in [0.4, 0.5) is 19.0 Å². The molecule has 0 radical (unpaired) electrons. The minimum Gasteiger partial charge on any atom is -0.260 e. The van der Waals surface area contributed by atoms with Crippen LogP contribution in [0, 0.1) is 0 Å². The SMILES string of the molecule is CC(=NNc1ncc(C(F)(F)F)cc1Cl)c1ccc(Br)cc1Br. The molecular weight excluding hydrogens is 462 g/mol. The van der Waals surface area contributed by atoms with Gasteiger partial charge in [-0.2, -0.15) is 18.3 Å². The average Bonchev–Trinajstić information content (AvgIpc) is 2.44. The third kappa shape index (κ3) is 4.68. The van der Waals surface area contributed by atoms with Gasteiger partial charge in [0.25, 0.3) is 0 Å². The van der Waals surface area contributed by atoms with Crippen molar-refractivity contribution in [2.45, 2.75) is 13.1 Å². The Labute approximate surface area is 152 Å². The number of nitrogens with zero attached hydrogens (tertiary/aromatic N) is 2. The maximum absolute atomic E-state index is 12.6. The number of halogens is 6. The molecule has 1 N–H and O–H groups in total. The molecule has 0 bridgehead atoms. The molecule has 0 aliphatic carbocycles. The Kier molecular flexibility index (Phi) is 5.70. The van der Waals surface area contributed by atoms with Gasteiger partial charge in [-0.05, 0) is 25.1 Å². The van der Waals surface area contributed by atoms with Gasteiger partial charge in [-0.1, -0.05) is 49.5 Å². The fourth-order valence-corrected chi connectivity index (χ4v) is 3.20. The lowest BCUT2D eigenvalue weighted by molar-refractivity contribution is -0.137. The van der Waals surface area contributed by atoms with Crippen LogP contribution in [0.2, 0.25) is 5.02 Å². The number of anilines is 1. The zero-order valence-electron chi connectivity index (χ0n) is 11.5. The molecule has 9 heteroatoms. The Morgan fingerprint density at radius 3 is 2.52 bits per heavy atom. The summed E-state index contributed by atoms with van der Waals surface area (Å²) in [6.07, 6.45) is -3.79. The second kappa shape index (κ2) is 7.19. The summed E-state index contributed by atoms with van der Waals surface area (Å²) in [5, 5.41) is 3.94. The monoisotopic (exact) mass is 469 g/mol. The number of hydrogen-bond acceptors (Lipinski definition) is 3. The Morgan fingerprint density at radius 1 is 1.26 bits per heavy atom. The van der Waals surface area contributed by atoms with Crippen LogP contribution in [0.5, 0.6) is 0 Å². The molecule has 0 atom stereocenters. The van der Waals surface area contributed by atoms with Gasteiger partial charge in [-0.25, -0.2) is 4.98 Å². The van der Waals surface area contributed by atoms with Gasteiger partial charge in [0.05, 0.1) is 16.3 Å². The first kappa shape index (κ1) is 18.2. The largest absolute Gasteiger partial charge is 0.417 e. The number of pyridine rings is 1. The second-order valence-corrected chi connectivity index (χ2v) is 6.66. The molecule has 1 aromatic carbocycles. The van der Waals surface area contributed by atoms with Crippen molar-refractivity contribution in [2.75, 3.05) is 5.43 Å². The Bertz CT molecular complexity index is 763. The van der Waals surface area contributed by atoms with E-state index in [-0.39, 0.29) is 10.8 Å². The first-order chi connectivity index (χ1) is 10.7. The molecule has 2 aromatic rings. The van der Waals surface area contributed by atoms with E-state index >= 15 is 0 Å². The topological polar surface area (TPSA) is 37.3 Å². The van der Waals surface area contributed by atoms with E-state index in [4.69, 9.17) is 11.6 Å². The average molecular weight is 472 g/mol. The third-order valence-corrected chi connectivity index (χ3v) is 4.26. The van der Waals surface area contributed by atoms with Crippen LogP contribution in [-0.2, 0) is 6.18 Å². The normalized spacial score (nSPS) is 12.4. The molecule has 0 unspecified atom stereocenters. The summed E-state index contributed by atoms with van der Waals surface area (Å²) >= 11 is 12.6. The summed E-state index contributed by atoms with van der Waals surface area (Å²) in [7, 11) is 0. The maximum atomic E-state index is 12.6. The molecule has 0 saturated carbocycles. The summed E-state index contributed by atoms with van der Waals surface area (Å²) in [5.74, 6) is 0.0484. The minimum atomic E-state index is -4.49. The van der Waals surface area contributed by atoms with Crippen LogP contribution in [0.25, 0.3) is 0 Å². The lowest BCUT2D eigenvalue weighted by Crippen LogP contribution is -2.07. The fraction of sp³-hybridized carbons (Fsp3) is 0.143. The van der Waals surface area contributed by atoms with Crippen LogP contribution < -0.4 is 5.43 Å². The number of rotatable bonds is 3. The molecule has 0 aliphatic rings. The number of aromatic nitrogens is 1. The summed E-state index contributed by atoms with van der Waals surface area (Å²) in [6, 6.07) is 6.36. The van der Waals surface area contributed by atoms with Crippen molar-refractivity contribution in [2.24, 2.45) is 5.10 Å². The van der Waals surface area contributed by atoms with Crippen molar-refractivity contribution in [3.63, 3.8) is 0 Å². The maximum Gasteiger partial charge on any atom is 0.417 e. The van der Waals surface area contributed by atoms with Crippen molar-refractivity contribution in [3.05, 3.63) is 55.6 Å². The predicted octanol–water partition coefficient (Wildman–Crippen LogP) is 6.11. The smallest absolute Gasteiger partial charge is 0.260 e. The van der Waals surface area contributed by atoms with E-state index in [9.17, 15) is 13.2 Å². The summed E-state index contributed by atoms with van der Waals surface area (Å²) in [5.41, 5.74) is 3.10. The Hall–Kier alpha value is -1.12. The predicted molar refractivity (Wildman–Crippen MR) is 91.9 cm³/mol. The van der Waals surface area contributed by atoms with Crippen LogP contribution in [0.3, 0.4) is 0 Å². The molecule has 1 heterocycles. The fourth-order valence-electron chi connectivity index (χ4n) is 1.66. The Morgan fingerprint density at radius 2 is 1.96 bits per heavy atom. The van der Waals surface area contributed by atoms with Gasteiger partial charge < -0.3 is 0 Å². The Balaban J connectivity index is 2.22. The first-order valence-electron chi connectivity index (χ1n) is 6.17. The lowest BCUT2D eigenvalue weighted by Gasteiger charge is -2.09. The third-order valence-electron chi connectivity index (χ3n) is 2.82. The van der Waals surface area contributed by atoms with E-state index in [2.05, 4.69) is 47.4 Å². The van der Waals surface area contributed by atoms with Gasteiger partial charge in [0.15, 0.2) is 5.82 Å². The molecule has 122 valence electrons. The van der Waals surface area contributed by atoms with Gasteiger partial charge in [-0.3, -0.25) is 5.43 Å². The van der Waals surface area contributed by atoms with Crippen LogP contribution in [0.1, 0.15) is 18.1 Å². The first-order valence-corrected chi connectivity index (χ1v) is 8.13. The summed E-state index contributed by atoms with van der Waals surface area (Å²) < 4.78 is 39.4. The molecule has 3 nitrogen and oxygen atoms in total. The van der Waals surface area contributed by atoms with Crippen LogP contribution in [0.15, 0.2) is 44.5 Å². The van der Waals surface area contributed by atoms with E-state index in [0.717, 1.165) is 20.6 Å². The van der Waals surface area contributed by atoms with Crippen molar-refractivity contribution < 1.29 is 13.2 Å². The van der Waals surface area contributed by atoms with Gasteiger partial charge in [-0.15, -0.1) is 0 Å². The number of hydrogen-bond donors (Lipinski definition) is 1. The molecule has 0 fully saturated rings. The molecule has 2 rings (SSSR count). The molecule has 0 amide bonds. The van der Waals surface area contributed by atoms with Crippen molar-refractivity contribution in [1.82, 2.24) is 4.98 Å². The highest BCUT2D eigenvalue weighted by molar-refractivity contribution is 9.11. The minimum absolute atomic E-state index is 0.0484. The number of hydrazone groups is 1. The molecule has 1 aromatic heterocycles. The highest BCUT2D eigenvalue weighted by Crippen LogP contribution is 2.32. The van der Waals surface area contributed by atoms with E-state index in [1.807, 2.05) is 18.2 Å². The van der Waals surface area contributed by atoms with Crippen LogP contribution in [-0.4, -0.2) is 10.7 Å². The van der Waals surface area contributed by atoms with Gasteiger partial charge in [0.2, 0.25) is 0 Å². The zero-order valence-corrected chi connectivity index (χ0v) is 15.5. The lowest BCUT2D eigenvalue weighted by atomic mass is 10.1. The molecule has 0 saturated heterocycles. The van der Waals surface area contributed by atoms with Crippen molar-refractivity contribution >= 4 is 55.0 Å². The zero-order chi connectivity index (χ0) is 17.2. The van der Waals surface area contributed by atoms with E-state index in [1.165, 1.54) is 0 Å². The molecule has 0 aliphatic heterocycles. The highest BCUT2D eigenvalue weighted by Gasteiger charge is 2.31. The number of nitrogens with one attached hydrogen (secondary N) is 1. The molecule has 0 spiro atoms. The van der Waals surface area contributed by atoms with E-state index in [0.29, 0.717) is 11.9 Å². The summed E-state index contributed by atoms with van der Waals surface area (Å²) in [6.45, 7) is 1.75. The van der Waals surface area contributed by atoms with E-state index < -0.39 is 11.7 Å². The van der Waals surface area contributed by atoms with Crippen molar-refractivity contribution in [3.8, 4) is 0 Å². The van der Waals surface area contributed by atoms with Gasteiger partial charge in [0.1, 0.15) is 0 Å². The highest BCUT2D eigenvalue weighted by atomic mass is 79.9. The second-order valence-electron chi connectivity index (χ2n) is 4.49. The number of alkyl halides is 3. The van der Waals surface area contributed by atoms with Crippen molar-refractivity contribution in [1.29, 1.82) is 0 Å². The number of benzene rings is 1. The molecular formula is C14H9Br2ClF3N3. The molecule has 23 heavy (non-hydrogen) atoms. The van der Waals surface area contributed by atoms with Crippen LogP contribution >= 0.6 is 43.5 Å². The van der Waals surface area contributed by atoms with E-state index in [1.54, 1.807) is 6.92 Å².